The molecular weight excluding hydrogens is 454 g/mol. The Balaban J connectivity index is 1.55. The average molecular weight is 469 g/mol. The topological polar surface area (TPSA) is 60.3 Å². The zero-order valence-corrected chi connectivity index (χ0v) is 16.7. The van der Waals surface area contributed by atoms with Crippen molar-refractivity contribution in [1.29, 1.82) is 0 Å². The molecule has 0 aliphatic carbocycles. The van der Waals surface area contributed by atoms with Gasteiger partial charge in [-0.1, -0.05) is 28.1 Å². The van der Waals surface area contributed by atoms with E-state index in [0.29, 0.717) is 17.1 Å². The van der Waals surface area contributed by atoms with Gasteiger partial charge in [0, 0.05) is 4.47 Å². The molecule has 3 aromatic rings. The molecule has 0 fully saturated rings. The molecular formula is C18H15BrF2N4O2S. The van der Waals surface area contributed by atoms with E-state index in [1.807, 2.05) is 24.3 Å². The van der Waals surface area contributed by atoms with E-state index in [1.54, 1.807) is 35.3 Å². The van der Waals surface area contributed by atoms with Crippen LogP contribution >= 0.6 is 28.1 Å². The molecule has 1 aromatic heterocycles. The summed E-state index contributed by atoms with van der Waals surface area (Å²) in [5.74, 6) is 0.710. The maximum Gasteiger partial charge on any atom is 0.387 e. The van der Waals surface area contributed by atoms with Crippen LogP contribution in [0.15, 0.2) is 65.4 Å². The van der Waals surface area contributed by atoms with Gasteiger partial charge in [0.05, 0.1) is 23.8 Å². The number of hydrogen-bond donors (Lipinski definition) is 2. The number of aromatic nitrogens is 2. The molecule has 0 unspecified atom stereocenters. The monoisotopic (exact) mass is 468 g/mol. The molecule has 10 heteroatoms. The summed E-state index contributed by atoms with van der Waals surface area (Å²) < 4.78 is 37.6. The number of para-hydroxylation sites is 2. The fourth-order valence-corrected chi connectivity index (χ4v) is 2.72. The molecule has 2 N–H and O–H groups in total. The van der Waals surface area contributed by atoms with Crippen molar-refractivity contribution in [3.8, 4) is 11.5 Å². The van der Waals surface area contributed by atoms with E-state index in [-0.39, 0.29) is 17.6 Å². The molecule has 0 saturated heterocycles. The maximum absolute atomic E-state index is 12.5. The van der Waals surface area contributed by atoms with E-state index in [0.717, 1.165) is 4.47 Å². The van der Waals surface area contributed by atoms with Gasteiger partial charge >= 0.3 is 6.61 Å². The Morgan fingerprint density at radius 1 is 1.14 bits per heavy atom. The van der Waals surface area contributed by atoms with Crippen molar-refractivity contribution in [2.24, 2.45) is 0 Å². The molecule has 0 bridgehead atoms. The molecule has 0 amide bonds. The number of halogens is 3. The van der Waals surface area contributed by atoms with Crippen molar-refractivity contribution >= 4 is 44.6 Å². The predicted octanol–water partition coefficient (Wildman–Crippen LogP) is 5.09. The number of alkyl halides is 2. The highest BCUT2D eigenvalue weighted by Gasteiger charge is 2.10. The second-order valence-corrected chi connectivity index (χ2v) is 6.77. The van der Waals surface area contributed by atoms with E-state index in [9.17, 15) is 8.78 Å². The van der Waals surface area contributed by atoms with Crippen LogP contribution in [-0.2, 0) is 6.73 Å². The normalized spacial score (nSPS) is 10.6. The van der Waals surface area contributed by atoms with Gasteiger partial charge < -0.3 is 20.1 Å². The lowest BCUT2D eigenvalue weighted by Gasteiger charge is -2.13. The summed E-state index contributed by atoms with van der Waals surface area (Å²) in [6.07, 6.45) is 3.27. The fraction of sp³-hybridized carbons (Fsp3) is 0.111. The predicted molar refractivity (Wildman–Crippen MR) is 110 cm³/mol. The largest absolute Gasteiger partial charge is 0.471 e. The highest BCUT2D eigenvalue weighted by atomic mass is 79.9. The van der Waals surface area contributed by atoms with Crippen LogP contribution in [0.3, 0.4) is 0 Å². The molecule has 2 aromatic carbocycles. The van der Waals surface area contributed by atoms with E-state index in [1.165, 1.54) is 6.07 Å². The first-order valence-corrected chi connectivity index (χ1v) is 9.22. The first-order chi connectivity index (χ1) is 13.5. The summed E-state index contributed by atoms with van der Waals surface area (Å²) >= 11 is 8.58. The molecule has 0 radical (unpaired) electrons. The number of hydrogen-bond acceptors (Lipinski definition) is 4. The molecule has 6 nitrogen and oxygen atoms in total. The van der Waals surface area contributed by atoms with Crippen LogP contribution in [0.5, 0.6) is 11.5 Å². The zero-order valence-electron chi connectivity index (χ0n) is 14.3. The van der Waals surface area contributed by atoms with Crippen LogP contribution in [0.4, 0.5) is 20.2 Å². The Kier molecular flexibility index (Phi) is 6.77. The van der Waals surface area contributed by atoms with Gasteiger partial charge in [-0.25, -0.2) is 4.68 Å². The van der Waals surface area contributed by atoms with Crippen LogP contribution in [0.2, 0.25) is 0 Å². The average Bonchev–Trinajstić information content (AvgIpc) is 3.10. The van der Waals surface area contributed by atoms with E-state index in [2.05, 4.69) is 36.4 Å². The molecule has 0 atom stereocenters. The maximum atomic E-state index is 12.5. The minimum Gasteiger partial charge on any atom is -0.471 e. The van der Waals surface area contributed by atoms with Crippen molar-refractivity contribution in [2.75, 3.05) is 10.6 Å². The van der Waals surface area contributed by atoms with Gasteiger partial charge in [0.15, 0.2) is 11.8 Å². The highest BCUT2D eigenvalue weighted by molar-refractivity contribution is 9.10. The third-order valence-electron chi connectivity index (χ3n) is 3.42. The molecule has 3 rings (SSSR count). The summed E-state index contributed by atoms with van der Waals surface area (Å²) in [6, 6.07) is 13.7. The smallest absolute Gasteiger partial charge is 0.387 e. The standard InChI is InChI=1S/C18H15BrF2N4O2S/c19-12-5-7-14(8-6-12)26-11-25-10-13(9-22-25)23-18(28)24-15-3-1-2-4-16(15)27-17(20)21/h1-10,17H,11H2,(H2,23,24,28). The van der Waals surface area contributed by atoms with Crippen LogP contribution in [0, 0.1) is 0 Å². The zero-order chi connectivity index (χ0) is 19.9. The molecule has 1 heterocycles. The van der Waals surface area contributed by atoms with Gasteiger partial charge in [-0.05, 0) is 48.6 Å². The number of nitrogens with zero attached hydrogens (tertiary/aromatic N) is 2. The minimum absolute atomic E-state index is 0.000225. The Hall–Kier alpha value is -2.72. The second-order valence-electron chi connectivity index (χ2n) is 5.45. The van der Waals surface area contributed by atoms with E-state index in [4.69, 9.17) is 17.0 Å². The number of ether oxygens (including phenoxy) is 2. The summed E-state index contributed by atoms with van der Waals surface area (Å²) in [7, 11) is 0. The van der Waals surface area contributed by atoms with Crippen molar-refractivity contribution in [1.82, 2.24) is 9.78 Å². The molecule has 0 saturated carbocycles. The van der Waals surface area contributed by atoms with Crippen LogP contribution in [0.25, 0.3) is 0 Å². The molecule has 146 valence electrons. The third-order valence-corrected chi connectivity index (χ3v) is 4.15. The number of rotatable bonds is 7. The van der Waals surface area contributed by atoms with Gasteiger partial charge in [0.1, 0.15) is 11.5 Å². The highest BCUT2D eigenvalue weighted by Crippen LogP contribution is 2.25. The van der Waals surface area contributed by atoms with E-state index >= 15 is 0 Å². The summed E-state index contributed by atoms with van der Waals surface area (Å²) in [4.78, 5) is 0. The number of nitrogens with one attached hydrogen (secondary N) is 2. The van der Waals surface area contributed by atoms with Crippen LogP contribution in [0.1, 0.15) is 0 Å². The van der Waals surface area contributed by atoms with Crippen LogP contribution < -0.4 is 20.1 Å². The molecule has 0 aliphatic rings. The van der Waals surface area contributed by atoms with Crippen molar-refractivity contribution in [3.05, 3.63) is 65.4 Å². The van der Waals surface area contributed by atoms with Gasteiger partial charge in [0.2, 0.25) is 0 Å². The Labute approximate surface area is 173 Å². The quantitative estimate of drug-likeness (QED) is 0.470. The van der Waals surface area contributed by atoms with E-state index < -0.39 is 6.61 Å². The number of benzene rings is 2. The van der Waals surface area contributed by atoms with Crippen molar-refractivity contribution in [2.45, 2.75) is 13.3 Å². The van der Waals surface area contributed by atoms with Gasteiger partial charge in [-0.15, -0.1) is 0 Å². The lowest BCUT2D eigenvalue weighted by Crippen LogP contribution is -2.19. The molecule has 0 aliphatic heterocycles. The Morgan fingerprint density at radius 2 is 1.89 bits per heavy atom. The first-order valence-electron chi connectivity index (χ1n) is 8.02. The number of thiocarbonyl (C=S) groups is 1. The lowest BCUT2D eigenvalue weighted by atomic mass is 10.3. The van der Waals surface area contributed by atoms with Crippen molar-refractivity contribution < 1.29 is 18.3 Å². The van der Waals surface area contributed by atoms with Gasteiger partial charge in [0.25, 0.3) is 0 Å². The Bertz CT molecular complexity index is 937. The van der Waals surface area contributed by atoms with Crippen LogP contribution in [-0.4, -0.2) is 21.5 Å². The molecule has 28 heavy (non-hydrogen) atoms. The molecule has 0 spiro atoms. The second kappa shape index (κ2) is 9.47. The van der Waals surface area contributed by atoms with Gasteiger partial charge in [-0.2, -0.15) is 13.9 Å². The summed E-state index contributed by atoms with van der Waals surface area (Å²) in [5.41, 5.74) is 0.940. The lowest BCUT2D eigenvalue weighted by molar-refractivity contribution is -0.0493. The SMILES string of the molecule is FC(F)Oc1ccccc1NC(=S)Nc1cnn(COc2ccc(Br)cc2)c1. The van der Waals surface area contributed by atoms with Crippen molar-refractivity contribution in [3.63, 3.8) is 0 Å². The first kappa shape index (κ1) is 20.0. The summed E-state index contributed by atoms with van der Waals surface area (Å²) in [6.45, 7) is -2.71. The fourth-order valence-electron chi connectivity index (χ4n) is 2.22. The van der Waals surface area contributed by atoms with Gasteiger partial charge in [-0.3, -0.25) is 0 Å². The summed E-state index contributed by atoms with van der Waals surface area (Å²) in [5, 5.41) is 10.1. The third kappa shape index (κ3) is 5.89. The minimum atomic E-state index is -2.92. The Morgan fingerprint density at radius 3 is 2.64 bits per heavy atom. The number of anilines is 2.